The summed E-state index contributed by atoms with van der Waals surface area (Å²) in [4.78, 5) is 22.4. The molecule has 5 heteroatoms. The van der Waals surface area contributed by atoms with Crippen LogP contribution in [0, 0.1) is 5.82 Å². The Bertz CT molecular complexity index is 432. The number of benzene rings is 1. The van der Waals surface area contributed by atoms with E-state index in [4.69, 9.17) is 4.74 Å². The molecule has 17 heavy (non-hydrogen) atoms. The fraction of sp³-hybridized carbons (Fsp3) is 0.333. The van der Waals surface area contributed by atoms with Crippen LogP contribution in [-0.4, -0.2) is 24.8 Å². The lowest BCUT2D eigenvalue weighted by Gasteiger charge is -2.09. The largest absolute Gasteiger partial charge is 0.483 e. The van der Waals surface area contributed by atoms with Crippen LogP contribution in [0.2, 0.25) is 0 Å². The van der Waals surface area contributed by atoms with Crippen LogP contribution in [0.3, 0.4) is 0 Å². The fourth-order valence-corrected chi connectivity index (χ4v) is 1.29. The first-order chi connectivity index (χ1) is 8.04. The van der Waals surface area contributed by atoms with Gasteiger partial charge in [0.25, 0.3) is 5.91 Å². The van der Waals surface area contributed by atoms with Gasteiger partial charge in [-0.3, -0.25) is 9.59 Å². The molecule has 0 aliphatic rings. The molecule has 0 spiro atoms. The summed E-state index contributed by atoms with van der Waals surface area (Å²) in [5.41, 5.74) is 0.134. The minimum atomic E-state index is -0.513. The van der Waals surface area contributed by atoms with Gasteiger partial charge in [-0.05, 0) is 32.0 Å². The number of Topliss-reactive ketones (excluding diaryl/α,β-unsaturated/α-hetero) is 1. The third-order valence-electron chi connectivity index (χ3n) is 2.05. The predicted octanol–water partition coefficient (Wildman–Crippen LogP) is 1.54. The minimum absolute atomic E-state index is 0.134. The molecule has 4 nitrogen and oxygen atoms in total. The zero-order valence-electron chi connectivity index (χ0n) is 9.75. The normalized spacial score (nSPS) is 9.82. The van der Waals surface area contributed by atoms with Gasteiger partial charge in [0.05, 0.1) is 5.56 Å². The van der Waals surface area contributed by atoms with Crippen molar-refractivity contribution in [2.75, 3.05) is 13.2 Å². The number of halogens is 1. The monoisotopic (exact) mass is 239 g/mol. The highest BCUT2D eigenvalue weighted by Gasteiger charge is 2.11. The van der Waals surface area contributed by atoms with Crippen LogP contribution in [0.5, 0.6) is 5.75 Å². The molecule has 1 aromatic carbocycles. The zero-order chi connectivity index (χ0) is 12.8. The van der Waals surface area contributed by atoms with Gasteiger partial charge in [0.2, 0.25) is 0 Å². The highest BCUT2D eigenvalue weighted by molar-refractivity contribution is 5.96. The lowest BCUT2D eigenvalue weighted by molar-refractivity contribution is -0.122. The van der Waals surface area contributed by atoms with Crippen molar-refractivity contribution >= 4 is 11.7 Å². The van der Waals surface area contributed by atoms with E-state index in [1.54, 1.807) is 6.92 Å². The van der Waals surface area contributed by atoms with Crippen molar-refractivity contribution in [3.05, 3.63) is 29.6 Å². The third kappa shape index (κ3) is 3.86. The maximum Gasteiger partial charge on any atom is 0.257 e. The Morgan fingerprint density at radius 2 is 2.12 bits per heavy atom. The Morgan fingerprint density at radius 3 is 2.71 bits per heavy atom. The summed E-state index contributed by atoms with van der Waals surface area (Å²) < 4.78 is 18.1. The number of hydrogen-bond acceptors (Lipinski definition) is 3. The average molecular weight is 239 g/mol. The van der Waals surface area contributed by atoms with Crippen LogP contribution in [0.15, 0.2) is 18.2 Å². The second-order valence-electron chi connectivity index (χ2n) is 3.44. The van der Waals surface area contributed by atoms with Gasteiger partial charge in [-0.15, -0.1) is 0 Å². The molecule has 0 aliphatic carbocycles. The number of amides is 1. The average Bonchev–Trinajstić information content (AvgIpc) is 2.27. The van der Waals surface area contributed by atoms with Crippen molar-refractivity contribution in [1.82, 2.24) is 5.32 Å². The molecule has 0 atom stereocenters. The molecule has 0 unspecified atom stereocenters. The Kier molecular flexibility index (Phi) is 4.63. The van der Waals surface area contributed by atoms with Crippen molar-refractivity contribution in [3.8, 4) is 5.75 Å². The van der Waals surface area contributed by atoms with E-state index in [0.717, 1.165) is 6.07 Å². The summed E-state index contributed by atoms with van der Waals surface area (Å²) in [6.45, 7) is 3.41. The lowest BCUT2D eigenvalue weighted by atomic mass is 10.1. The predicted molar refractivity (Wildman–Crippen MR) is 60.6 cm³/mol. The molecule has 0 radical (unpaired) electrons. The number of ketones is 1. The molecule has 0 fully saturated rings. The first kappa shape index (κ1) is 13.2. The molecule has 92 valence electrons. The van der Waals surface area contributed by atoms with Gasteiger partial charge in [-0.2, -0.15) is 0 Å². The molecule has 1 amide bonds. The van der Waals surface area contributed by atoms with Crippen LogP contribution in [0.25, 0.3) is 0 Å². The SMILES string of the molecule is CCNC(=O)COc1ccc(F)cc1C(C)=O. The number of hydrogen-bond donors (Lipinski definition) is 1. The van der Waals surface area contributed by atoms with Crippen molar-refractivity contribution in [2.24, 2.45) is 0 Å². The van der Waals surface area contributed by atoms with Gasteiger partial charge < -0.3 is 10.1 Å². The lowest BCUT2D eigenvalue weighted by Crippen LogP contribution is -2.28. The van der Waals surface area contributed by atoms with Gasteiger partial charge in [-0.25, -0.2) is 4.39 Å². The number of rotatable bonds is 5. The van der Waals surface area contributed by atoms with Crippen LogP contribution >= 0.6 is 0 Å². The van der Waals surface area contributed by atoms with Crippen LogP contribution in [-0.2, 0) is 4.79 Å². The fourth-order valence-electron chi connectivity index (χ4n) is 1.29. The summed E-state index contributed by atoms with van der Waals surface area (Å²) in [7, 11) is 0. The van der Waals surface area contributed by atoms with E-state index in [1.165, 1.54) is 19.1 Å². The minimum Gasteiger partial charge on any atom is -0.483 e. The highest BCUT2D eigenvalue weighted by Crippen LogP contribution is 2.20. The molecule has 0 saturated carbocycles. The Labute approximate surface area is 98.8 Å². The van der Waals surface area contributed by atoms with Crippen molar-refractivity contribution in [3.63, 3.8) is 0 Å². The smallest absolute Gasteiger partial charge is 0.257 e. The van der Waals surface area contributed by atoms with E-state index in [1.807, 2.05) is 0 Å². The summed E-state index contributed by atoms with van der Waals surface area (Å²) in [5.74, 6) is -0.896. The summed E-state index contributed by atoms with van der Waals surface area (Å²) in [6, 6.07) is 3.61. The zero-order valence-corrected chi connectivity index (χ0v) is 9.75. The Hall–Kier alpha value is -1.91. The Morgan fingerprint density at radius 1 is 1.41 bits per heavy atom. The van der Waals surface area contributed by atoms with Crippen molar-refractivity contribution < 1.29 is 18.7 Å². The number of carbonyl (C=O) groups excluding carboxylic acids is 2. The summed E-state index contributed by atoms with van der Waals surface area (Å²) in [6.07, 6.45) is 0. The summed E-state index contributed by atoms with van der Waals surface area (Å²) >= 11 is 0. The molecule has 0 saturated heterocycles. The molecule has 0 heterocycles. The molecule has 1 aromatic rings. The number of ether oxygens (including phenoxy) is 1. The van der Waals surface area contributed by atoms with Gasteiger partial charge >= 0.3 is 0 Å². The molecular formula is C12H14FNO3. The molecule has 1 rings (SSSR count). The van der Waals surface area contributed by atoms with E-state index in [9.17, 15) is 14.0 Å². The quantitative estimate of drug-likeness (QED) is 0.793. The standard InChI is InChI=1S/C12H14FNO3/c1-3-14-12(16)7-17-11-5-4-9(13)6-10(11)8(2)15/h4-6H,3,7H2,1-2H3,(H,14,16). The molecular weight excluding hydrogens is 225 g/mol. The first-order valence-electron chi connectivity index (χ1n) is 5.24. The first-order valence-corrected chi connectivity index (χ1v) is 5.24. The van der Waals surface area contributed by atoms with Crippen LogP contribution in [0.4, 0.5) is 4.39 Å². The molecule has 0 aromatic heterocycles. The van der Waals surface area contributed by atoms with Gasteiger partial charge in [0, 0.05) is 6.54 Å². The van der Waals surface area contributed by atoms with E-state index >= 15 is 0 Å². The molecule has 0 bridgehead atoms. The van der Waals surface area contributed by atoms with Gasteiger partial charge in [0.1, 0.15) is 11.6 Å². The van der Waals surface area contributed by atoms with Gasteiger partial charge in [0.15, 0.2) is 12.4 Å². The van der Waals surface area contributed by atoms with Gasteiger partial charge in [-0.1, -0.05) is 0 Å². The second kappa shape index (κ2) is 5.98. The topological polar surface area (TPSA) is 55.4 Å². The maximum absolute atomic E-state index is 12.9. The number of likely N-dealkylation sites (N-methyl/N-ethyl adjacent to an activating group) is 1. The maximum atomic E-state index is 12.9. The van der Waals surface area contributed by atoms with E-state index in [2.05, 4.69) is 5.32 Å². The molecule has 0 aliphatic heterocycles. The molecule has 1 N–H and O–H groups in total. The van der Waals surface area contributed by atoms with E-state index in [0.29, 0.717) is 6.54 Å². The Balaban J connectivity index is 2.77. The van der Waals surface area contributed by atoms with Crippen LogP contribution < -0.4 is 10.1 Å². The highest BCUT2D eigenvalue weighted by atomic mass is 19.1. The van der Waals surface area contributed by atoms with E-state index in [-0.39, 0.29) is 29.6 Å². The van der Waals surface area contributed by atoms with Crippen molar-refractivity contribution in [2.45, 2.75) is 13.8 Å². The number of nitrogens with one attached hydrogen (secondary N) is 1. The van der Waals surface area contributed by atoms with E-state index < -0.39 is 5.82 Å². The van der Waals surface area contributed by atoms with Crippen molar-refractivity contribution in [1.29, 1.82) is 0 Å². The number of carbonyl (C=O) groups is 2. The third-order valence-corrected chi connectivity index (χ3v) is 2.05. The van der Waals surface area contributed by atoms with Crippen LogP contribution in [0.1, 0.15) is 24.2 Å². The summed E-state index contributed by atoms with van der Waals surface area (Å²) in [5, 5.41) is 2.55. The second-order valence-corrected chi connectivity index (χ2v) is 3.44.